The summed E-state index contributed by atoms with van der Waals surface area (Å²) in [7, 11) is 0. The predicted octanol–water partition coefficient (Wildman–Crippen LogP) is 2.21. The molecular formula is C20H21FN2O4. The summed E-state index contributed by atoms with van der Waals surface area (Å²) in [5.74, 6) is -2.21. The number of halogens is 1. The second-order valence-electron chi connectivity index (χ2n) is 6.05. The van der Waals surface area contributed by atoms with Gasteiger partial charge in [-0.15, -0.1) is 0 Å². The number of carboxylic acids is 1. The van der Waals surface area contributed by atoms with Crippen LogP contribution in [0.3, 0.4) is 0 Å². The maximum Gasteiger partial charge on any atom is 0.303 e. The second kappa shape index (κ2) is 10.1. The van der Waals surface area contributed by atoms with E-state index in [9.17, 15) is 18.8 Å². The fraction of sp³-hybridized carbons (Fsp3) is 0.250. The number of carbonyl (C=O) groups is 3. The number of nitrogens with one attached hydrogen (secondary N) is 2. The fourth-order valence-corrected chi connectivity index (χ4v) is 2.59. The lowest BCUT2D eigenvalue weighted by atomic mass is 10.0. The Kier molecular flexibility index (Phi) is 7.49. The minimum Gasteiger partial charge on any atom is -0.481 e. The molecule has 2 aromatic rings. The van der Waals surface area contributed by atoms with Crippen LogP contribution in [0, 0.1) is 5.82 Å². The molecule has 0 aliphatic rings. The summed E-state index contributed by atoms with van der Waals surface area (Å²) in [5, 5.41) is 14.1. The number of benzene rings is 2. The van der Waals surface area contributed by atoms with Gasteiger partial charge in [0.2, 0.25) is 11.8 Å². The maximum atomic E-state index is 13.1. The van der Waals surface area contributed by atoms with Crippen molar-refractivity contribution in [1.82, 2.24) is 10.6 Å². The van der Waals surface area contributed by atoms with Crippen molar-refractivity contribution < 1.29 is 23.9 Å². The van der Waals surface area contributed by atoms with Crippen molar-refractivity contribution in [3.05, 3.63) is 71.5 Å². The Hall–Kier alpha value is -3.22. The van der Waals surface area contributed by atoms with Crippen LogP contribution in [0.4, 0.5) is 4.39 Å². The third-order valence-electron chi connectivity index (χ3n) is 3.88. The van der Waals surface area contributed by atoms with E-state index in [2.05, 4.69) is 10.6 Å². The van der Waals surface area contributed by atoms with Crippen LogP contribution in [0.15, 0.2) is 54.6 Å². The largest absolute Gasteiger partial charge is 0.481 e. The molecule has 1 unspecified atom stereocenters. The van der Waals surface area contributed by atoms with Gasteiger partial charge in [-0.05, 0) is 29.7 Å². The lowest BCUT2D eigenvalue weighted by molar-refractivity contribution is -0.137. The van der Waals surface area contributed by atoms with Crippen LogP contribution in [0.2, 0.25) is 0 Å². The van der Waals surface area contributed by atoms with E-state index >= 15 is 0 Å². The minimum atomic E-state index is -0.950. The molecule has 27 heavy (non-hydrogen) atoms. The Morgan fingerprint density at radius 3 is 2.41 bits per heavy atom. The lowest BCUT2D eigenvalue weighted by Crippen LogP contribution is -2.39. The van der Waals surface area contributed by atoms with Crippen molar-refractivity contribution in [2.45, 2.75) is 25.3 Å². The normalized spacial score (nSPS) is 11.4. The molecule has 0 radical (unpaired) electrons. The van der Waals surface area contributed by atoms with Crippen molar-refractivity contribution in [1.29, 1.82) is 0 Å². The van der Waals surface area contributed by atoms with Crippen LogP contribution in [0.5, 0.6) is 0 Å². The molecule has 1 atom stereocenters. The first kappa shape index (κ1) is 20.1. The van der Waals surface area contributed by atoms with E-state index in [1.54, 1.807) is 30.3 Å². The Bertz CT molecular complexity index is 796. The minimum absolute atomic E-state index is 0.0355. The highest BCUT2D eigenvalue weighted by molar-refractivity contribution is 5.85. The van der Waals surface area contributed by atoms with Crippen LogP contribution in [0.1, 0.15) is 30.0 Å². The zero-order chi connectivity index (χ0) is 19.6. The van der Waals surface area contributed by atoms with E-state index in [1.807, 2.05) is 6.07 Å². The highest BCUT2D eigenvalue weighted by Crippen LogP contribution is 2.18. The molecule has 142 valence electrons. The van der Waals surface area contributed by atoms with E-state index in [-0.39, 0.29) is 25.8 Å². The molecule has 0 saturated heterocycles. The first-order valence-corrected chi connectivity index (χ1v) is 8.51. The van der Waals surface area contributed by atoms with Crippen LogP contribution in [-0.4, -0.2) is 29.4 Å². The summed E-state index contributed by atoms with van der Waals surface area (Å²) in [6.07, 6.45) is 0.111. The van der Waals surface area contributed by atoms with Crippen LogP contribution < -0.4 is 10.6 Å². The van der Waals surface area contributed by atoms with E-state index in [1.165, 1.54) is 18.2 Å². The van der Waals surface area contributed by atoms with Crippen LogP contribution >= 0.6 is 0 Å². The monoisotopic (exact) mass is 372 g/mol. The van der Waals surface area contributed by atoms with E-state index in [0.717, 1.165) is 5.56 Å². The molecule has 0 aliphatic carbocycles. The zero-order valence-electron chi connectivity index (χ0n) is 14.7. The van der Waals surface area contributed by atoms with Gasteiger partial charge in [0.15, 0.2) is 0 Å². The molecule has 7 heteroatoms. The molecule has 0 heterocycles. The summed E-state index contributed by atoms with van der Waals surface area (Å²) in [4.78, 5) is 34.9. The quantitative estimate of drug-likeness (QED) is 0.629. The number of hydrogen-bond acceptors (Lipinski definition) is 3. The van der Waals surface area contributed by atoms with Crippen molar-refractivity contribution in [3.63, 3.8) is 0 Å². The van der Waals surface area contributed by atoms with Gasteiger partial charge in [-0.1, -0.05) is 42.5 Å². The Balaban J connectivity index is 1.87. The lowest BCUT2D eigenvalue weighted by Gasteiger charge is -2.18. The molecule has 2 aromatic carbocycles. The standard InChI is InChI=1S/C20H21FN2O4/c21-16-8-4-5-14(11-16)12-18(24)22-13-19(25)23-17(9-10-20(26)27)15-6-2-1-3-7-15/h1-8,11,17H,9-10,12-13H2,(H,22,24)(H,23,25)(H,26,27). The summed E-state index contributed by atoms with van der Waals surface area (Å²) in [5.41, 5.74) is 1.30. The first-order chi connectivity index (χ1) is 12.9. The van der Waals surface area contributed by atoms with Gasteiger partial charge in [-0.25, -0.2) is 4.39 Å². The van der Waals surface area contributed by atoms with E-state index in [0.29, 0.717) is 5.56 Å². The van der Waals surface area contributed by atoms with Gasteiger partial charge >= 0.3 is 5.97 Å². The number of carbonyl (C=O) groups excluding carboxylic acids is 2. The maximum absolute atomic E-state index is 13.1. The molecular weight excluding hydrogens is 351 g/mol. The van der Waals surface area contributed by atoms with Gasteiger partial charge in [0.1, 0.15) is 5.82 Å². The summed E-state index contributed by atoms with van der Waals surface area (Å²) in [6.45, 7) is -0.245. The van der Waals surface area contributed by atoms with Crippen molar-refractivity contribution in [2.24, 2.45) is 0 Å². The molecule has 0 spiro atoms. The fourth-order valence-electron chi connectivity index (χ4n) is 2.59. The van der Waals surface area contributed by atoms with Crippen LogP contribution in [0.25, 0.3) is 0 Å². The summed E-state index contributed by atoms with van der Waals surface area (Å²) < 4.78 is 13.1. The third kappa shape index (κ3) is 7.27. The van der Waals surface area contributed by atoms with Gasteiger partial charge in [-0.3, -0.25) is 14.4 Å². The SMILES string of the molecule is O=C(O)CCC(NC(=O)CNC(=O)Cc1cccc(F)c1)c1ccccc1. The average molecular weight is 372 g/mol. The number of carboxylic acid groups (broad SMARTS) is 1. The van der Waals surface area contributed by atoms with Crippen molar-refractivity contribution in [3.8, 4) is 0 Å². The Morgan fingerprint density at radius 2 is 1.74 bits per heavy atom. The molecule has 2 amide bonds. The molecule has 3 N–H and O–H groups in total. The highest BCUT2D eigenvalue weighted by Gasteiger charge is 2.16. The van der Waals surface area contributed by atoms with E-state index in [4.69, 9.17) is 5.11 Å². The predicted molar refractivity (Wildman–Crippen MR) is 97.3 cm³/mol. The number of aliphatic carboxylic acids is 1. The molecule has 0 aromatic heterocycles. The Labute approximate surface area is 156 Å². The molecule has 0 fully saturated rings. The number of hydrogen-bond donors (Lipinski definition) is 3. The topological polar surface area (TPSA) is 95.5 Å². The van der Waals surface area contributed by atoms with Gasteiger partial charge in [-0.2, -0.15) is 0 Å². The molecule has 2 rings (SSSR count). The Morgan fingerprint density at radius 1 is 1.00 bits per heavy atom. The second-order valence-corrected chi connectivity index (χ2v) is 6.05. The van der Waals surface area contributed by atoms with Gasteiger partial charge in [0, 0.05) is 6.42 Å². The zero-order valence-corrected chi connectivity index (χ0v) is 14.7. The number of amides is 2. The van der Waals surface area contributed by atoms with E-state index < -0.39 is 29.6 Å². The smallest absolute Gasteiger partial charge is 0.303 e. The van der Waals surface area contributed by atoms with Gasteiger partial charge < -0.3 is 15.7 Å². The van der Waals surface area contributed by atoms with Gasteiger partial charge in [0.25, 0.3) is 0 Å². The molecule has 6 nitrogen and oxygen atoms in total. The first-order valence-electron chi connectivity index (χ1n) is 8.51. The summed E-state index contributed by atoms with van der Waals surface area (Å²) >= 11 is 0. The van der Waals surface area contributed by atoms with Gasteiger partial charge in [0.05, 0.1) is 19.0 Å². The third-order valence-corrected chi connectivity index (χ3v) is 3.88. The van der Waals surface area contributed by atoms with Crippen molar-refractivity contribution in [2.75, 3.05) is 6.54 Å². The molecule has 0 saturated carbocycles. The average Bonchev–Trinajstić information content (AvgIpc) is 2.64. The molecule has 0 bridgehead atoms. The summed E-state index contributed by atoms with van der Waals surface area (Å²) in [6, 6.07) is 14.3. The number of rotatable bonds is 9. The highest BCUT2D eigenvalue weighted by atomic mass is 19.1. The van der Waals surface area contributed by atoms with Crippen molar-refractivity contribution >= 4 is 17.8 Å². The molecule has 0 aliphatic heterocycles. The van der Waals surface area contributed by atoms with Crippen LogP contribution in [-0.2, 0) is 20.8 Å².